The molecule has 2 heterocycles. The van der Waals surface area contributed by atoms with Gasteiger partial charge in [-0.2, -0.15) is 5.43 Å². The molecule has 0 amide bonds. The first-order valence-corrected chi connectivity index (χ1v) is 8.44. The zero-order chi connectivity index (χ0) is 17.9. The molecular weight excluding hydrogens is 354 g/mol. The molecule has 7 heteroatoms. The van der Waals surface area contributed by atoms with Crippen LogP contribution in [0.2, 0.25) is 5.02 Å². The van der Waals surface area contributed by atoms with E-state index in [9.17, 15) is 4.79 Å². The third kappa shape index (κ3) is 3.43. The maximum Gasteiger partial charge on any atom is 0.423 e. The first kappa shape index (κ1) is 16.7. The summed E-state index contributed by atoms with van der Waals surface area (Å²) in [5, 5.41) is 2.56. The van der Waals surface area contributed by atoms with Crippen molar-refractivity contribution >= 4 is 17.3 Å². The molecule has 0 saturated heterocycles. The number of ether oxygens (including phenoxy) is 1. The van der Waals surface area contributed by atoms with Crippen LogP contribution in [0.15, 0.2) is 82.5 Å². The van der Waals surface area contributed by atoms with Crippen molar-refractivity contribution in [2.75, 3.05) is 5.01 Å². The van der Waals surface area contributed by atoms with Gasteiger partial charge in [0, 0.05) is 16.8 Å². The van der Waals surface area contributed by atoms with Crippen molar-refractivity contribution in [3.63, 3.8) is 0 Å². The van der Waals surface area contributed by atoms with E-state index < -0.39 is 5.76 Å². The molecule has 1 atom stereocenters. The Hall–Kier alpha value is -2.80. The molecule has 4 rings (SSSR count). The van der Waals surface area contributed by atoms with Crippen LogP contribution in [0.1, 0.15) is 5.56 Å². The monoisotopic (exact) mass is 369 g/mol. The van der Waals surface area contributed by atoms with Crippen LogP contribution >= 0.6 is 11.6 Å². The first-order valence-electron chi connectivity index (χ1n) is 8.06. The van der Waals surface area contributed by atoms with Crippen molar-refractivity contribution in [2.45, 2.75) is 12.8 Å². The number of nitrogens with one attached hydrogen (secondary N) is 1. The quantitative estimate of drug-likeness (QED) is 0.746. The Balaban J connectivity index is 1.43. The Morgan fingerprint density at radius 1 is 1.15 bits per heavy atom. The number of anilines is 1. The summed E-state index contributed by atoms with van der Waals surface area (Å²) in [6, 6.07) is 15.1. The van der Waals surface area contributed by atoms with Crippen LogP contribution in [0.3, 0.4) is 0 Å². The van der Waals surface area contributed by atoms with E-state index in [1.54, 1.807) is 6.20 Å². The summed E-state index contributed by atoms with van der Waals surface area (Å²) in [5.41, 5.74) is 5.82. The second-order valence-electron chi connectivity index (χ2n) is 5.72. The highest BCUT2D eigenvalue weighted by molar-refractivity contribution is 6.30. The standard InChI is InChI=1S/C19H16ClN3O3/c20-15-5-7-16(8-6-15)23-10-9-18(21-23)26-13-14-3-1-2-4-17(14)22-11-12-25-19(22)24/h1-12,18,21H,13H2. The molecule has 0 spiro atoms. The number of nitrogens with zero attached hydrogens (tertiary/aromatic N) is 2. The smallest absolute Gasteiger partial charge is 0.416 e. The average molecular weight is 370 g/mol. The van der Waals surface area contributed by atoms with Crippen LogP contribution in [0.25, 0.3) is 5.69 Å². The fourth-order valence-electron chi connectivity index (χ4n) is 2.74. The predicted molar refractivity (Wildman–Crippen MR) is 99.1 cm³/mol. The lowest BCUT2D eigenvalue weighted by Crippen LogP contribution is -2.36. The van der Waals surface area contributed by atoms with E-state index in [-0.39, 0.29) is 6.23 Å². The number of hydrazine groups is 1. The van der Waals surface area contributed by atoms with Gasteiger partial charge >= 0.3 is 5.76 Å². The molecule has 1 aliphatic heterocycles. The molecule has 0 fully saturated rings. The maximum absolute atomic E-state index is 11.8. The SMILES string of the molecule is O=c1occn1-c1ccccc1COC1C=CN(c2ccc(Cl)cc2)N1. The van der Waals surface area contributed by atoms with Gasteiger partial charge in [0.25, 0.3) is 0 Å². The zero-order valence-corrected chi connectivity index (χ0v) is 14.5. The minimum atomic E-state index is -0.426. The second kappa shape index (κ2) is 7.21. The molecule has 0 aliphatic carbocycles. The van der Waals surface area contributed by atoms with Gasteiger partial charge in [-0.05, 0) is 36.4 Å². The van der Waals surface area contributed by atoms with Gasteiger partial charge in [-0.3, -0.25) is 5.01 Å². The van der Waals surface area contributed by atoms with Crippen LogP contribution in [0.5, 0.6) is 0 Å². The Bertz CT molecular complexity index is 978. The topological polar surface area (TPSA) is 59.6 Å². The van der Waals surface area contributed by atoms with Crippen LogP contribution in [0, 0.1) is 0 Å². The Morgan fingerprint density at radius 3 is 2.73 bits per heavy atom. The van der Waals surface area contributed by atoms with E-state index in [0.29, 0.717) is 11.6 Å². The van der Waals surface area contributed by atoms with Crippen molar-refractivity contribution in [1.29, 1.82) is 0 Å². The number of oxazole rings is 1. The molecule has 26 heavy (non-hydrogen) atoms. The zero-order valence-electron chi connectivity index (χ0n) is 13.7. The minimum absolute atomic E-state index is 0.278. The van der Waals surface area contributed by atoms with Crippen LogP contribution in [-0.4, -0.2) is 10.8 Å². The van der Waals surface area contributed by atoms with E-state index in [2.05, 4.69) is 5.43 Å². The van der Waals surface area contributed by atoms with E-state index >= 15 is 0 Å². The molecule has 2 aromatic carbocycles. The summed E-state index contributed by atoms with van der Waals surface area (Å²) < 4.78 is 12.2. The number of hydrogen-bond donors (Lipinski definition) is 1. The highest BCUT2D eigenvalue weighted by atomic mass is 35.5. The van der Waals surface area contributed by atoms with Gasteiger partial charge in [0.1, 0.15) is 12.5 Å². The number of benzene rings is 2. The molecule has 1 aromatic heterocycles. The molecular formula is C19H16ClN3O3. The fraction of sp³-hybridized carbons (Fsp3) is 0.105. The third-order valence-electron chi connectivity index (χ3n) is 4.03. The molecule has 1 unspecified atom stereocenters. The minimum Gasteiger partial charge on any atom is -0.416 e. The van der Waals surface area contributed by atoms with Crippen molar-refractivity contribution in [3.8, 4) is 5.69 Å². The number of hydrogen-bond acceptors (Lipinski definition) is 5. The largest absolute Gasteiger partial charge is 0.423 e. The van der Waals surface area contributed by atoms with Gasteiger partial charge < -0.3 is 9.15 Å². The normalized spacial score (nSPS) is 16.3. The molecule has 0 radical (unpaired) electrons. The summed E-state index contributed by atoms with van der Waals surface area (Å²) in [7, 11) is 0. The van der Waals surface area contributed by atoms with Gasteiger partial charge in [0.15, 0.2) is 0 Å². The van der Waals surface area contributed by atoms with Crippen LogP contribution in [-0.2, 0) is 11.3 Å². The van der Waals surface area contributed by atoms with Crippen molar-refractivity contribution in [2.24, 2.45) is 0 Å². The lowest BCUT2D eigenvalue weighted by atomic mass is 10.2. The summed E-state index contributed by atoms with van der Waals surface area (Å²) in [6.07, 6.45) is 6.50. The highest BCUT2D eigenvalue weighted by Crippen LogP contribution is 2.21. The van der Waals surface area contributed by atoms with E-state index in [0.717, 1.165) is 16.9 Å². The number of aromatic nitrogens is 1. The third-order valence-corrected chi connectivity index (χ3v) is 4.28. The lowest BCUT2D eigenvalue weighted by molar-refractivity contribution is 0.0556. The van der Waals surface area contributed by atoms with Crippen LogP contribution < -0.4 is 16.2 Å². The van der Waals surface area contributed by atoms with Gasteiger partial charge in [0.2, 0.25) is 0 Å². The summed E-state index contributed by atoms with van der Waals surface area (Å²) in [6.45, 7) is 0.338. The Morgan fingerprint density at radius 2 is 1.96 bits per heavy atom. The molecule has 6 nitrogen and oxygen atoms in total. The molecule has 0 saturated carbocycles. The van der Waals surface area contributed by atoms with Crippen LogP contribution in [0.4, 0.5) is 5.69 Å². The van der Waals surface area contributed by atoms with Crippen molar-refractivity contribution in [3.05, 3.63) is 94.4 Å². The van der Waals surface area contributed by atoms with Gasteiger partial charge in [-0.15, -0.1) is 0 Å². The maximum atomic E-state index is 11.8. The Labute approximate surface area is 154 Å². The summed E-state index contributed by atoms with van der Waals surface area (Å²) >= 11 is 5.92. The van der Waals surface area contributed by atoms with E-state index in [1.807, 2.05) is 65.8 Å². The number of rotatable bonds is 5. The van der Waals surface area contributed by atoms with E-state index in [1.165, 1.54) is 10.8 Å². The highest BCUT2D eigenvalue weighted by Gasteiger charge is 2.17. The Kier molecular flexibility index (Phi) is 4.62. The molecule has 1 N–H and O–H groups in total. The van der Waals surface area contributed by atoms with Gasteiger partial charge in [-0.1, -0.05) is 29.8 Å². The average Bonchev–Trinajstić information content (AvgIpc) is 3.30. The van der Waals surface area contributed by atoms with Crippen molar-refractivity contribution < 1.29 is 9.15 Å². The van der Waals surface area contributed by atoms with Gasteiger partial charge in [0.05, 0.1) is 24.2 Å². The second-order valence-corrected chi connectivity index (χ2v) is 6.15. The van der Waals surface area contributed by atoms with Gasteiger partial charge in [-0.25, -0.2) is 9.36 Å². The molecule has 3 aromatic rings. The van der Waals surface area contributed by atoms with E-state index in [4.69, 9.17) is 20.8 Å². The first-order chi connectivity index (χ1) is 12.7. The summed E-state index contributed by atoms with van der Waals surface area (Å²) in [4.78, 5) is 11.8. The molecule has 0 bridgehead atoms. The molecule has 1 aliphatic rings. The molecule has 132 valence electrons. The summed E-state index contributed by atoms with van der Waals surface area (Å²) in [5.74, 6) is -0.426. The van der Waals surface area contributed by atoms with Crippen molar-refractivity contribution in [1.82, 2.24) is 9.99 Å². The predicted octanol–water partition coefficient (Wildman–Crippen LogP) is 3.47. The fourth-order valence-corrected chi connectivity index (χ4v) is 2.86. The number of halogens is 1. The number of para-hydroxylation sites is 1. The lowest BCUT2D eigenvalue weighted by Gasteiger charge is -2.20.